The maximum atomic E-state index is 4.45. The van der Waals surface area contributed by atoms with Crippen molar-refractivity contribution < 1.29 is 0 Å². The molecule has 1 atom stereocenters. The third-order valence-corrected chi connectivity index (χ3v) is 4.95. The molecule has 2 N–H and O–H groups in total. The summed E-state index contributed by atoms with van der Waals surface area (Å²) in [6, 6.07) is 0.307. The number of aliphatic imine (C=N–C) groups is 1. The number of fused-ring (bicyclic) bond motifs is 1. The van der Waals surface area contributed by atoms with Gasteiger partial charge in [-0.1, -0.05) is 13.8 Å². The summed E-state index contributed by atoms with van der Waals surface area (Å²) in [5.74, 6) is 4.26. The molecule has 0 saturated heterocycles. The number of nitrogens with zero attached hydrogens (tertiary/aromatic N) is 7. The lowest BCUT2D eigenvalue weighted by molar-refractivity contribution is 0.407. The van der Waals surface area contributed by atoms with Crippen LogP contribution in [-0.4, -0.2) is 57.5 Å². The predicted octanol–water partition coefficient (Wildman–Crippen LogP) is 0.881. The second kappa shape index (κ2) is 7.98. The van der Waals surface area contributed by atoms with E-state index in [1.165, 1.54) is 0 Å². The number of guanidine groups is 1. The van der Waals surface area contributed by atoms with E-state index in [2.05, 4.69) is 53.8 Å². The average Bonchev–Trinajstić information content (AvgIpc) is 3.21. The molecule has 148 valence electrons. The van der Waals surface area contributed by atoms with E-state index in [0.29, 0.717) is 18.5 Å². The van der Waals surface area contributed by atoms with Gasteiger partial charge in [-0.25, -0.2) is 4.98 Å². The normalized spacial score (nSPS) is 17.1. The van der Waals surface area contributed by atoms with Crippen molar-refractivity contribution in [2.45, 2.75) is 51.7 Å². The van der Waals surface area contributed by atoms with Gasteiger partial charge in [0.15, 0.2) is 5.96 Å². The molecule has 1 unspecified atom stereocenters. The van der Waals surface area contributed by atoms with E-state index < -0.39 is 0 Å². The number of nitrogens with one attached hydrogen (secondary N) is 2. The SMILES string of the molecule is CN=C(NCc1cnc(N(C)C)n1C)NC1CCc2nnc(C(C)C)n2C1. The van der Waals surface area contributed by atoms with Crippen molar-refractivity contribution in [3.63, 3.8) is 0 Å². The lowest BCUT2D eigenvalue weighted by atomic mass is 10.1. The van der Waals surface area contributed by atoms with Gasteiger partial charge < -0.3 is 24.7 Å². The highest BCUT2D eigenvalue weighted by Crippen LogP contribution is 2.20. The van der Waals surface area contributed by atoms with Crippen LogP contribution in [0.1, 0.15) is 43.5 Å². The van der Waals surface area contributed by atoms with Crippen LogP contribution in [0.15, 0.2) is 11.2 Å². The van der Waals surface area contributed by atoms with Crippen molar-refractivity contribution in [3.8, 4) is 0 Å². The van der Waals surface area contributed by atoms with E-state index in [1.807, 2.05) is 32.2 Å². The topological polar surface area (TPSA) is 88.2 Å². The van der Waals surface area contributed by atoms with Crippen molar-refractivity contribution in [2.75, 3.05) is 26.0 Å². The summed E-state index contributed by atoms with van der Waals surface area (Å²) in [5, 5.41) is 15.6. The number of rotatable bonds is 5. The van der Waals surface area contributed by atoms with Crippen molar-refractivity contribution in [1.29, 1.82) is 0 Å². The smallest absolute Gasteiger partial charge is 0.204 e. The quantitative estimate of drug-likeness (QED) is 0.598. The number of aromatic nitrogens is 5. The molecule has 1 aliphatic heterocycles. The summed E-state index contributed by atoms with van der Waals surface area (Å²) in [6.07, 6.45) is 3.85. The summed E-state index contributed by atoms with van der Waals surface area (Å²) in [7, 11) is 7.82. The molecule has 0 radical (unpaired) electrons. The largest absolute Gasteiger partial charge is 0.352 e. The van der Waals surface area contributed by atoms with Crippen LogP contribution in [0.25, 0.3) is 0 Å². The van der Waals surface area contributed by atoms with Crippen molar-refractivity contribution in [3.05, 3.63) is 23.5 Å². The molecular weight excluding hydrogens is 342 g/mol. The van der Waals surface area contributed by atoms with Crippen molar-refractivity contribution in [2.24, 2.45) is 12.0 Å². The van der Waals surface area contributed by atoms with Gasteiger partial charge in [-0.05, 0) is 6.42 Å². The fraction of sp³-hybridized carbons (Fsp3) is 0.667. The molecule has 2 aromatic rings. The highest BCUT2D eigenvalue weighted by molar-refractivity contribution is 5.79. The Hall–Kier alpha value is -2.58. The van der Waals surface area contributed by atoms with Crippen LogP contribution in [0.4, 0.5) is 5.95 Å². The zero-order valence-electron chi connectivity index (χ0n) is 17.2. The van der Waals surface area contributed by atoms with E-state index in [9.17, 15) is 0 Å². The van der Waals surface area contributed by atoms with E-state index in [-0.39, 0.29) is 0 Å². The first-order valence-electron chi connectivity index (χ1n) is 9.47. The van der Waals surface area contributed by atoms with E-state index >= 15 is 0 Å². The van der Waals surface area contributed by atoms with E-state index in [4.69, 9.17) is 0 Å². The minimum absolute atomic E-state index is 0.307. The summed E-state index contributed by atoms with van der Waals surface area (Å²) in [5.41, 5.74) is 1.11. The Labute approximate surface area is 160 Å². The lowest BCUT2D eigenvalue weighted by Gasteiger charge is -2.27. The first kappa shape index (κ1) is 19.2. The Morgan fingerprint density at radius 3 is 2.78 bits per heavy atom. The Kier molecular flexibility index (Phi) is 5.67. The van der Waals surface area contributed by atoms with Crippen LogP contribution in [0, 0.1) is 0 Å². The van der Waals surface area contributed by atoms with Crippen molar-refractivity contribution in [1.82, 2.24) is 34.9 Å². The minimum Gasteiger partial charge on any atom is -0.352 e. The molecule has 1 aliphatic rings. The predicted molar refractivity (Wildman–Crippen MR) is 107 cm³/mol. The van der Waals surface area contributed by atoms with E-state index in [1.54, 1.807) is 7.05 Å². The van der Waals surface area contributed by atoms with Crippen LogP contribution in [0.5, 0.6) is 0 Å². The maximum Gasteiger partial charge on any atom is 0.204 e. The maximum absolute atomic E-state index is 4.45. The van der Waals surface area contributed by atoms with Gasteiger partial charge in [0.25, 0.3) is 0 Å². The molecule has 0 saturated carbocycles. The molecule has 0 aliphatic carbocycles. The zero-order valence-corrected chi connectivity index (χ0v) is 17.2. The Balaban J connectivity index is 1.60. The van der Waals surface area contributed by atoms with Crippen LogP contribution >= 0.6 is 0 Å². The minimum atomic E-state index is 0.307. The van der Waals surface area contributed by atoms with Gasteiger partial charge in [0.1, 0.15) is 11.6 Å². The molecule has 3 heterocycles. The van der Waals surface area contributed by atoms with Gasteiger partial charge >= 0.3 is 0 Å². The van der Waals surface area contributed by atoms with Gasteiger partial charge in [0.05, 0.1) is 18.4 Å². The Morgan fingerprint density at radius 2 is 2.15 bits per heavy atom. The highest BCUT2D eigenvalue weighted by atomic mass is 15.3. The number of aryl methyl sites for hydroxylation is 1. The van der Waals surface area contributed by atoms with Gasteiger partial charge in [-0.3, -0.25) is 4.99 Å². The molecule has 9 nitrogen and oxygen atoms in total. The zero-order chi connectivity index (χ0) is 19.6. The standard InChI is InChI=1S/C18H31N9/c1-12(2)16-24-23-15-8-7-13(11-27(15)16)22-17(19-3)20-9-14-10-21-18(25(4)5)26(14)6/h10,12-13H,7-9,11H2,1-6H3,(H2,19,20,22). The fourth-order valence-electron chi connectivity index (χ4n) is 3.47. The van der Waals surface area contributed by atoms with Crippen molar-refractivity contribution >= 4 is 11.9 Å². The van der Waals surface area contributed by atoms with Gasteiger partial charge in [0, 0.05) is 53.1 Å². The summed E-state index contributed by atoms with van der Waals surface area (Å²) in [4.78, 5) is 10.8. The highest BCUT2D eigenvalue weighted by Gasteiger charge is 2.24. The molecule has 0 bridgehead atoms. The second-order valence-electron chi connectivity index (χ2n) is 7.55. The third-order valence-electron chi connectivity index (χ3n) is 4.95. The van der Waals surface area contributed by atoms with E-state index in [0.717, 1.165) is 48.6 Å². The van der Waals surface area contributed by atoms with Crippen LogP contribution < -0.4 is 15.5 Å². The van der Waals surface area contributed by atoms with Gasteiger partial charge in [-0.2, -0.15) is 0 Å². The molecule has 0 fully saturated rings. The second-order valence-corrected chi connectivity index (χ2v) is 7.55. The molecule has 9 heteroatoms. The molecule has 2 aromatic heterocycles. The van der Waals surface area contributed by atoms with Gasteiger partial charge in [-0.15, -0.1) is 10.2 Å². The number of imidazole rings is 1. The van der Waals surface area contributed by atoms with Crippen LogP contribution in [-0.2, 0) is 26.6 Å². The third kappa shape index (κ3) is 4.06. The first-order valence-corrected chi connectivity index (χ1v) is 9.47. The summed E-state index contributed by atoms with van der Waals surface area (Å²) >= 11 is 0. The molecular formula is C18H31N9. The molecule has 0 aromatic carbocycles. The summed E-state index contributed by atoms with van der Waals surface area (Å²) < 4.78 is 4.34. The molecule has 27 heavy (non-hydrogen) atoms. The number of hydrogen-bond donors (Lipinski definition) is 2. The molecule has 0 amide bonds. The Morgan fingerprint density at radius 1 is 1.37 bits per heavy atom. The lowest BCUT2D eigenvalue weighted by Crippen LogP contribution is -2.47. The average molecular weight is 374 g/mol. The fourth-order valence-corrected chi connectivity index (χ4v) is 3.47. The molecule has 0 spiro atoms. The van der Waals surface area contributed by atoms with Gasteiger partial charge in [0.2, 0.25) is 5.95 Å². The Bertz CT molecular complexity index is 800. The number of anilines is 1. The first-order chi connectivity index (χ1) is 12.9. The molecule has 3 rings (SSSR count). The summed E-state index contributed by atoms with van der Waals surface area (Å²) in [6.45, 7) is 5.85. The monoisotopic (exact) mass is 373 g/mol. The van der Waals surface area contributed by atoms with Crippen LogP contribution in [0.3, 0.4) is 0 Å². The van der Waals surface area contributed by atoms with Crippen LogP contribution in [0.2, 0.25) is 0 Å². The number of hydrogen-bond acceptors (Lipinski definition) is 5.